The van der Waals surface area contributed by atoms with Gasteiger partial charge < -0.3 is 11.5 Å². The summed E-state index contributed by atoms with van der Waals surface area (Å²) in [4.78, 5) is 11.7. The SMILES string of the molecule is CC(C)N(CC(N)C(N)=O)CC(F)(F)F. The van der Waals surface area contributed by atoms with Crippen LogP contribution in [0.15, 0.2) is 0 Å². The standard InChI is InChI=1S/C8H16F3N3O/c1-5(2)14(4-8(9,10)11)3-6(12)7(13)15/h5-6H,3-4,12H2,1-2H3,(H2,13,15). The fourth-order valence-corrected chi connectivity index (χ4v) is 1.03. The maximum atomic E-state index is 12.1. The zero-order valence-electron chi connectivity index (χ0n) is 8.71. The molecule has 0 aliphatic rings. The minimum absolute atomic E-state index is 0.188. The van der Waals surface area contributed by atoms with E-state index in [1.54, 1.807) is 13.8 Å². The number of hydrogen-bond acceptors (Lipinski definition) is 3. The van der Waals surface area contributed by atoms with Gasteiger partial charge in [-0.3, -0.25) is 9.69 Å². The summed E-state index contributed by atoms with van der Waals surface area (Å²) >= 11 is 0. The zero-order valence-corrected chi connectivity index (χ0v) is 8.71. The van der Waals surface area contributed by atoms with Crippen LogP contribution in [-0.4, -0.2) is 42.2 Å². The first-order valence-electron chi connectivity index (χ1n) is 4.49. The summed E-state index contributed by atoms with van der Waals surface area (Å²) in [5.74, 6) is -0.803. The van der Waals surface area contributed by atoms with Crippen molar-refractivity contribution >= 4 is 5.91 Å². The van der Waals surface area contributed by atoms with Crippen molar-refractivity contribution in [3.63, 3.8) is 0 Å². The number of primary amides is 1. The molecule has 1 unspecified atom stereocenters. The average molecular weight is 227 g/mol. The number of amides is 1. The average Bonchev–Trinajstić information content (AvgIpc) is 1.99. The van der Waals surface area contributed by atoms with E-state index in [2.05, 4.69) is 0 Å². The van der Waals surface area contributed by atoms with Gasteiger partial charge in [0.2, 0.25) is 5.91 Å². The van der Waals surface area contributed by atoms with Crippen molar-refractivity contribution in [3.8, 4) is 0 Å². The van der Waals surface area contributed by atoms with Crippen LogP contribution in [0, 0.1) is 0 Å². The Morgan fingerprint density at radius 1 is 1.40 bits per heavy atom. The first-order valence-corrected chi connectivity index (χ1v) is 4.49. The van der Waals surface area contributed by atoms with Crippen LogP contribution in [0.25, 0.3) is 0 Å². The maximum Gasteiger partial charge on any atom is 0.401 e. The number of nitrogens with two attached hydrogens (primary N) is 2. The molecule has 0 aliphatic heterocycles. The second-order valence-electron chi connectivity index (χ2n) is 3.65. The van der Waals surface area contributed by atoms with Gasteiger partial charge in [0.25, 0.3) is 0 Å². The van der Waals surface area contributed by atoms with E-state index in [-0.39, 0.29) is 12.6 Å². The molecule has 0 saturated heterocycles. The molecule has 0 heterocycles. The van der Waals surface area contributed by atoms with Crippen LogP contribution in [0.2, 0.25) is 0 Å². The van der Waals surface area contributed by atoms with Crippen LogP contribution in [0.1, 0.15) is 13.8 Å². The van der Waals surface area contributed by atoms with Crippen LogP contribution in [0.5, 0.6) is 0 Å². The lowest BCUT2D eigenvalue weighted by atomic mass is 10.2. The fraction of sp³-hybridized carbons (Fsp3) is 0.875. The number of carbonyl (C=O) groups excluding carboxylic acids is 1. The molecule has 7 heteroatoms. The van der Waals surface area contributed by atoms with E-state index in [0.29, 0.717) is 0 Å². The van der Waals surface area contributed by atoms with E-state index in [1.165, 1.54) is 0 Å². The molecule has 0 aromatic rings. The molecule has 0 rings (SSSR count). The van der Waals surface area contributed by atoms with E-state index < -0.39 is 24.7 Å². The lowest BCUT2D eigenvalue weighted by Gasteiger charge is -2.28. The Hall–Kier alpha value is -0.820. The normalized spacial score (nSPS) is 14.7. The Kier molecular flexibility index (Phi) is 5.02. The molecule has 4 nitrogen and oxygen atoms in total. The Bertz CT molecular complexity index is 218. The van der Waals surface area contributed by atoms with Gasteiger partial charge in [0, 0.05) is 12.6 Å². The molecule has 90 valence electrons. The van der Waals surface area contributed by atoms with E-state index in [1.807, 2.05) is 0 Å². The highest BCUT2D eigenvalue weighted by Gasteiger charge is 2.32. The second kappa shape index (κ2) is 5.32. The molecule has 15 heavy (non-hydrogen) atoms. The Labute approximate surface area is 86.4 Å². The summed E-state index contributed by atoms with van der Waals surface area (Å²) in [5, 5.41) is 0. The van der Waals surface area contributed by atoms with Crippen LogP contribution in [-0.2, 0) is 4.79 Å². The zero-order chi connectivity index (χ0) is 12.2. The molecule has 0 saturated carbocycles. The molecule has 0 spiro atoms. The maximum absolute atomic E-state index is 12.1. The van der Waals surface area contributed by atoms with Crippen LogP contribution in [0.3, 0.4) is 0 Å². The van der Waals surface area contributed by atoms with Crippen molar-refractivity contribution < 1.29 is 18.0 Å². The lowest BCUT2D eigenvalue weighted by molar-refractivity contribution is -0.151. The predicted octanol–water partition coefficient (Wildman–Crippen LogP) is 0.0717. The lowest BCUT2D eigenvalue weighted by Crippen LogP contribution is -2.50. The van der Waals surface area contributed by atoms with E-state index in [4.69, 9.17) is 11.5 Å². The van der Waals surface area contributed by atoms with Gasteiger partial charge in [-0.05, 0) is 13.8 Å². The molecule has 0 bridgehead atoms. The molecule has 0 fully saturated rings. The quantitative estimate of drug-likeness (QED) is 0.698. The fourth-order valence-electron chi connectivity index (χ4n) is 1.03. The van der Waals surface area contributed by atoms with E-state index in [9.17, 15) is 18.0 Å². The van der Waals surface area contributed by atoms with E-state index >= 15 is 0 Å². The molecular formula is C8H16F3N3O. The summed E-state index contributed by atoms with van der Waals surface area (Å²) in [6, 6.07) is -1.42. The number of alkyl halides is 3. The highest BCUT2D eigenvalue weighted by atomic mass is 19.4. The number of hydrogen-bond donors (Lipinski definition) is 2. The molecule has 0 aliphatic carbocycles. The largest absolute Gasteiger partial charge is 0.401 e. The third kappa shape index (κ3) is 6.29. The smallest absolute Gasteiger partial charge is 0.368 e. The molecular weight excluding hydrogens is 211 g/mol. The number of carbonyl (C=O) groups is 1. The highest BCUT2D eigenvalue weighted by molar-refractivity contribution is 5.79. The van der Waals surface area contributed by atoms with Gasteiger partial charge in [-0.15, -0.1) is 0 Å². The van der Waals surface area contributed by atoms with Crippen molar-refractivity contribution in [2.45, 2.75) is 32.1 Å². The topological polar surface area (TPSA) is 72.3 Å². The Morgan fingerprint density at radius 3 is 2.13 bits per heavy atom. The first-order chi connectivity index (χ1) is 6.63. The highest BCUT2D eigenvalue weighted by Crippen LogP contribution is 2.17. The number of halogens is 3. The third-order valence-corrected chi connectivity index (χ3v) is 1.91. The van der Waals surface area contributed by atoms with Crippen molar-refractivity contribution in [3.05, 3.63) is 0 Å². The van der Waals surface area contributed by atoms with Gasteiger partial charge in [0.15, 0.2) is 0 Å². The van der Waals surface area contributed by atoms with Crippen LogP contribution in [0.4, 0.5) is 13.2 Å². The van der Waals surface area contributed by atoms with Gasteiger partial charge in [-0.25, -0.2) is 0 Å². The molecule has 1 amide bonds. The summed E-state index contributed by atoms with van der Waals surface area (Å²) in [6.45, 7) is 1.91. The first kappa shape index (κ1) is 14.2. The van der Waals surface area contributed by atoms with Crippen LogP contribution >= 0.6 is 0 Å². The second-order valence-corrected chi connectivity index (χ2v) is 3.65. The van der Waals surface area contributed by atoms with Crippen molar-refractivity contribution in [1.82, 2.24) is 4.90 Å². The van der Waals surface area contributed by atoms with Crippen molar-refractivity contribution in [2.24, 2.45) is 11.5 Å². The Morgan fingerprint density at radius 2 is 1.87 bits per heavy atom. The molecule has 4 N–H and O–H groups in total. The van der Waals surface area contributed by atoms with Gasteiger partial charge in [-0.1, -0.05) is 0 Å². The molecule has 0 radical (unpaired) electrons. The Balaban J connectivity index is 4.35. The monoisotopic (exact) mass is 227 g/mol. The molecule has 0 aromatic carbocycles. The van der Waals surface area contributed by atoms with Gasteiger partial charge in [0.1, 0.15) is 0 Å². The number of nitrogens with zero attached hydrogens (tertiary/aromatic N) is 1. The van der Waals surface area contributed by atoms with Gasteiger partial charge >= 0.3 is 6.18 Å². The van der Waals surface area contributed by atoms with Crippen molar-refractivity contribution in [2.75, 3.05) is 13.1 Å². The van der Waals surface area contributed by atoms with Crippen molar-refractivity contribution in [1.29, 1.82) is 0 Å². The van der Waals surface area contributed by atoms with Gasteiger partial charge in [-0.2, -0.15) is 13.2 Å². The third-order valence-electron chi connectivity index (χ3n) is 1.91. The summed E-state index contributed by atoms with van der Waals surface area (Å²) in [5.41, 5.74) is 10.2. The van der Waals surface area contributed by atoms with Gasteiger partial charge in [0.05, 0.1) is 12.6 Å². The summed E-state index contributed by atoms with van der Waals surface area (Å²) in [6.07, 6.45) is -4.30. The minimum atomic E-state index is -4.30. The van der Waals surface area contributed by atoms with E-state index in [0.717, 1.165) is 4.90 Å². The predicted molar refractivity (Wildman–Crippen MR) is 49.9 cm³/mol. The number of rotatable bonds is 5. The van der Waals surface area contributed by atoms with Crippen LogP contribution < -0.4 is 11.5 Å². The minimum Gasteiger partial charge on any atom is -0.368 e. The molecule has 1 atom stereocenters. The molecule has 0 aromatic heterocycles. The summed E-state index contributed by atoms with van der Waals surface area (Å²) in [7, 11) is 0. The summed E-state index contributed by atoms with van der Waals surface area (Å²) < 4.78 is 36.4.